The molecule has 0 atom stereocenters. The van der Waals surface area contributed by atoms with Crippen LogP contribution in [0, 0.1) is 5.92 Å². The Morgan fingerprint density at radius 1 is 1.11 bits per heavy atom. The number of rotatable bonds is 6. The van der Waals surface area contributed by atoms with Crippen LogP contribution in [0.1, 0.15) is 43.1 Å². The highest BCUT2D eigenvalue weighted by molar-refractivity contribution is 6.30. The summed E-state index contributed by atoms with van der Waals surface area (Å²) in [5.74, 6) is 2.53. The van der Waals surface area contributed by atoms with Crippen LogP contribution in [-0.4, -0.2) is 56.7 Å². The van der Waals surface area contributed by atoms with Crippen molar-refractivity contribution in [2.45, 2.75) is 33.1 Å². The van der Waals surface area contributed by atoms with E-state index in [4.69, 9.17) is 26.0 Å². The molecule has 0 unspecified atom stereocenters. The second-order valence-corrected chi connectivity index (χ2v) is 9.72. The molecule has 35 heavy (non-hydrogen) atoms. The van der Waals surface area contributed by atoms with Gasteiger partial charge in [-0.3, -0.25) is 4.79 Å². The largest absolute Gasteiger partial charge is 0.459 e. The summed E-state index contributed by atoms with van der Waals surface area (Å²) in [7, 11) is 0. The van der Waals surface area contributed by atoms with Crippen LogP contribution in [0.2, 0.25) is 5.02 Å². The van der Waals surface area contributed by atoms with Gasteiger partial charge in [-0.25, -0.2) is 14.6 Å². The van der Waals surface area contributed by atoms with E-state index in [1.165, 1.54) is 6.26 Å². The fourth-order valence-electron chi connectivity index (χ4n) is 4.39. The first kappa shape index (κ1) is 23.4. The van der Waals surface area contributed by atoms with E-state index >= 15 is 0 Å². The second-order valence-electron chi connectivity index (χ2n) is 9.28. The second kappa shape index (κ2) is 10.1. The van der Waals surface area contributed by atoms with Gasteiger partial charge in [0.25, 0.3) is 5.91 Å². The third kappa shape index (κ3) is 5.03. The fraction of sp³-hybridized carbons (Fsp3) is 0.385. The molecule has 1 aliphatic rings. The predicted molar refractivity (Wildman–Crippen MR) is 136 cm³/mol. The number of furan rings is 1. The van der Waals surface area contributed by atoms with Crippen molar-refractivity contribution in [3.8, 4) is 5.69 Å². The lowest BCUT2D eigenvalue weighted by molar-refractivity contribution is 0.0735. The molecule has 0 bridgehead atoms. The Kier molecular flexibility index (Phi) is 6.72. The van der Waals surface area contributed by atoms with Crippen LogP contribution in [0.5, 0.6) is 0 Å². The van der Waals surface area contributed by atoms with Gasteiger partial charge in [-0.05, 0) is 49.1 Å². The molecule has 5 rings (SSSR count). The van der Waals surface area contributed by atoms with E-state index in [0.29, 0.717) is 36.3 Å². The standard InChI is InChI=1S/C26H29ClN6O2/c1-18(2)9-10-23-29-24(21-17-28-33(25(21)30-23)20-7-3-6-19(27)16-20)31-11-5-12-32(14-13-31)26(34)22-8-4-15-35-22/h3-4,6-8,15-18H,5,9-14H2,1-2H3. The highest BCUT2D eigenvalue weighted by Crippen LogP contribution is 2.28. The van der Waals surface area contributed by atoms with Crippen molar-refractivity contribution < 1.29 is 9.21 Å². The number of aromatic nitrogens is 4. The first-order chi connectivity index (χ1) is 17.0. The molecule has 1 amide bonds. The van der Waals surface area contributed by atoms with Crippen LogP contribution in [0.3, 0.4) is 0 Å². The van der Waals surface area contributed by atoms with Crippen LogP contribution in [0.4, 0.5) is 5.82 Å². The zero-order valence-electron chi connectivity index (χ0n) is 20.0. The molecule has 8 nitrogen and oxygen atoms in total. The summed E-state index contributed by atoms with van der Waals surface area (Å²) in [6.45, 7) is 7.13. The molecular formula is C26H29ClN6O2. The summed E-state index contributed by atoms with van der Waals surface area (Å²) in [4.78, 5) is 26.8. The minimum Gasteiger partial charge on any atom is -0.459 e. The summed E-state index contributed by atoms with van der Waals surface area (Å²) in [5, 5.41) is 6.19. The summed E-state index contributed by atoms with van der Waals surface area (Å²) >= 11 is 6.26. The maximum atomic E-state index is 12.8. The van der Waals surface area contributed by atoms with E-state index < -0.39 is 0 Å². The molecule has 0 N–H and O–H groups in total. The number of fused-ring (bicyclic) bond motifs is 1. The molecule has 1 aromatic carbocycles. The maximum Gasteiger partial charge on any atom is 0.289 e. The minimum absolute atomic E-state index is 0.0731. The quantitative estimate of drug-likeness (QED) is 0.376. The van der Waals surface area contributed by atoms with Crippen LogP contribution in [0.25, 0.3) is 16.7 Å². The maximum absolute atomic E-state index is 12.8. The summed E-state index contributed by atoms with van der Waals surface area (Å²) < 4.78 is 7.16. The van der Waals surface area contributed by atoms with Gasteiger partial charge in [0.05, 0.1) is 23.5 Å². The summed E-state index contributed by atoms with van der Waals surface area (Å²) in [5.41, 5.74) is 1.63. The number of hydrogen-bond donors (Lipinski definition) is 0. The zero-order chi connectivity index (χ0) is 24.4. The van der Waals surface area contributed by atoms with Crippen molar-refractivity contribution >= 4 is 34.4 Å². The van der Waals surface area contributed by atoms with Gasteiger partial charge in [0.2, 0.25) is 0 Å². The van der Waals surface area contributed by atoms with Gasteiger partial charge >= 0.3 is 0 Å². The van der Waals surface area contributed by atoms with Gasteiger partial charge < -0.3 is 14.2 Å². The molecular weight excluding hydrogens is 464 g/mol. The molecule has 4 aromatic rings. The SMILES string of the molecule is CC(C)CCc1nc(N2CCCN(C(=O)c3ccco3)CC2)c2cnn(-c3cccc(Cl)c3)c2n1. The molecule has 0 spiro atoms. The van der Waals surface area contributed by atoms with Gasteiger partial charge in [0.15, 0.2) is 11.4 Å². The van der Waals surface area contributed by atoms with Crippen molar-refractivity contribution in [2.24, 2.45) is 5.92 Å². The molecule has 1 saturated heterocycles. The van der Waals surface area contributed by atoms with Crippen molar-refractivity contribution in [2.75, 3.05) is 31.1 Å². The topological polar surface area (TPSA) is 80.3 Å². The lowest BCUT2D eigenvalue weighted by Crippen LogP contribution is -2.35. The Balaban J connectivity index is 1.49. The van der Waals surface area contributed by atoms with Crippen molar-refractivity contribution in [3.05, 3.63) is 65.5 Å². The molecule has 4 heterocycles. The zero-order valence-corrected chi connectivity index (χ0v) is 20.8. The summed E-state index contributed by atoms with van der Waals surface area (Å²) in [6.07, 6.45) is 5.99. The fourth-order valence-corrected chi connectivity index (χ4v) is 4.58. The third-order valence-electron chi connectivity index (χ3n) is 6.27. The van der Waals surface area contributed by atoms with Gasteiger partial charge in [0, 0.05) is 37.6 Å². The number of anilines is 1. The lowest BCUT2D eigenvalue weighted by atomic mass is 10.1. The average molecular weight is 493 g/mol. The first-order valence-corrected chi connectivity index (χ1v) is 12.5. The Labute approximate surface area is 209 Å². The Morgan fingerprint density at radius 3 is 2.77 bits per heavy atom. The van der Waals surface area contributed by atoms with E-state index in [2.05, 4.69) is 23.8 Å². The molecule has 0 radical (unpaired) electrons. The van der Waals surface area contributed by atoms with E-state index in [1.54, 1.807) is 12.1 Å². The number of hydrogen-bond acceptors (Lipinski definition) is 6. The van der Waals surface area contributed by atoms with E-state index in [1.807, 2.05) is 40.0 Å². The number of nitrogens with zero attached hydrogens (tertiary/aromatic N) is 6. The predicted octanol–water partition coefficient (Wildman–Crippen LogP) is 5.00. The van der Waals surface area contributed by atoms with Gasteiger partial charge in [-0.2, -0.15) is 5.10 Å². The van der Waals surface area contributed by atoms with Crippen molar-refractivity contribution in [1.82, 2.24) is 24.6 Å². The Morgan fingerprint density at radius 2 is 2.00 bits per heavy atom. The smallest absolute Gasteiger partial charge is 0.289 e. The van der Waals surface area contributed by atoms with Crippen LogP contribution in [0.15, 0.2) is 53.3 Å². The minimum atomic E-state index is -0.0731. The monoisotopic (exact) mass is 492 g/mol. The normalized spacial score (nSPS) is 14.6. The highest BCUT2D eigenvalue weighted by atomic mass is 35.5. The van der Waals surface area contributed by atoms with Crippen LogP contribution in [-0.2, 0) is 6.42 Å². The summed E-state index contributed by atoms with van der Waals surface area (Å²) in [6, 6.07) is 11.1. The first-order valence-electron chi connectivity index (χ1n) is 12.1. The molecule has 1 fully saturated rings. The van der Waals surface area contributed by atoms with Gasteiger partial charge in [-0.1, -0.05) is 31.5 Å². The molecule has 9 heteroatoms. The van der Waals surface area contributed by atoms with E-state index in [9.17, 15) is 4.79 Å². The van der Waals surface area contributed by atoms with Gasteiger partial charge in [-0.15, -0.1) is 0 Å². The van der Waals surface area contributed by atoms with E-state index in [-0.39, 0.29) is 5.91 Å². The highest BCUT2D eigenvalue weighted by Gasteiger charge is 2.25. The number of carbonyl (C=O) groups is 1. The molecule has 182 valence electrons. The van der Waals surface area contributed by atoms with Crippen molar-refractivity contribution in [1.29, 1.82) is 0 Å². The lowest BCUT2D eigenvalue weighted by Gasteiger charge is -2.23. The number of halogens is 1. The molecule has 3 aromatic heterocycles. The van der Waals surface area contributed by atoms with Crippen LogP contribution < -0.4 is 4.90 Å². The molecule has 0 aliphatic carbocycles. The number of aryl methyl sites for hydroxylation is 1. The number of amides is 1. The molecule has 1 aliphatic heterocycles. The van der Waals surface area contributed by atoms with Crippen LogP contribution >= 0.6 is 11.6 Å². The Hall–Kier alpha value is -3.39. The number of benzene rings is 1. The van der Waals surface area contributed by atoms with E-state index in [0.717, 1.165) is 54.2 Å². The molecule has 0 saturated carbocycles. The number of carbonyl (C=O) groups excluding carboxylic acids is 1. The van der Waals surface area contributed by atoms with Gasteiger partial charge in [0.1, 0.15) is 11.6 Å². The average Bonchev–Trinajstić information content (AvgIpc) is 3.47. The van der Waals surface area contributed by atoms with Crippen molar-refractivity contribution in [3.63, 3.8) is 0 Å². The third-order valence-corrected chi connectivity index (χ3v) is 6.50. The Bertz CT molecular complexity index is 1320.